The summed E-state index contributed by atoms with van der Waals surface area (Å²) in [6, 6.07) is 12.8. The van der Waals surface area contributed by atoms with E-state index in [1.54, 1.807) is 31.2 Å². The summed E-state index contributed by atoms with van der Waals surface area (Å²) < 4.78 is 29.5. The Labute approximate surface area is 162 Å². The molecule has 8 heteroatoms. The van der Waals surface area contributed by atoms with Crippen LogP contribution in [0.5, 0.6) is 11.5 Å². The van der Waals surface area contributed by atoms with E-state index in [9.17, 15) is 18.7 Å². The summed E-state index contributed by atoms with van der Waals surface area (Å²) in [7, 11) is 0. The lowest BCUT2D eigenvalue weighted by Gasteiger charge is -2.38. The molecule has 1 atom stereocenters. The first-order valence-electron chi connectivity index (χ1n) is 9.07. The Balaban J connectivity index is 1.59. The molecule has 0 aliphatic carbocycles. The highest BCUT2D eigenvalue weighted by Crippen LogP contribution is 2.28. The molecule has 1 aliphatic heterocycles. The number of phenolic OH excluding ortho intramolecular Hbond substituents is 1. The molecule has 150 valence electrons. The predicted molar refractivity (Wildman–Crippen MR) is 103 cm³/mol. The first kappa shape index (κ1) is 19.9. The fraction of sp³-hybridized carbons (Fsp3) is 0.350. The second kappa shape index (κ2) is 8.88. The normalized spacial score (nSPS) is 16.1. The highest BCUT2D eigenvalue weighted by Gasteiger charge is 2.27. The average Bonchev–Trinajstić information content (AvgIpc) is 2.69. The molecule has 1 heterocycles. The van der Waals surface area contributed by atoms with Crippen LogP contribution in [0.1, 0.15) is 6.92 Å². The maximum atomic E-state index is 12.6. The van der Waals surface area contributed by atoms with Crippen molar-refractivity contribution in [1.82, 2.24) is 4.90 Å². The van der Waals surface area contributed by atoms with E-state index in [4.69, 9.17) is 0 Å². The summed E-state index contributed by atoms with van der Waals surface area (Å²) in [6.45, 7) is 1.43. The maximum Gasteiger partial charge on any atom is 0.387 e. The van der Waals surface area contributed by atoms with Crippen molar-refractivity contribution in [1.29, 1.82) is 0 Å². The minimum absolute atomic E-state index is 0.0672. The highest BCUT2D eigenvalue weighted by atomic mass is 19.3. The van der Waals surface area contributed by atoms with Crippen LogP contribution in [-0.2, 0) is 4.79 Å². The lowest BCUT2D eigenvalue weighted by Crippen LogP contribution is -2.52. The van der Waals surface area contributed by atoms with Crippen molar-refractivity contribution < 1.29 is 23.4 Å². The third kappa shape index (κ3) is 4.69. The molecule has 0 saturated carbocycles. The Morgan fingerprint density at radius 1 is 1.07 bits per heavy atom. The third-order valence-electron chi connectivity index (χ3n) is 4.82. The molecule has 0 bridgehead atoms. The second-order valence-electron chi connectivity index (χ2n) is 6.55. The summed E-state index contributed by atoms with van der Waals surface area (Å²) in [5.41, 5.74) is 0.991. The topological polar surface area (TPSA) is 65.0 Å². The van der Waals surface area contributed by atoms with Gasteiger partial charge in [0.15, 0.2) is 0 Å². The number of hydrogen-bond donors (Lipinski definition) is 2. The molecule has 1 aliphatic rings. The molecule has 0 radical (unpaired) electrons. The number of nitrogens with zero attached hydrogens (tertiary/aromatic N) is 2. The van der Waals surface area contributed by atoms with Crippen LogP contribution < -0.4 is 15.0 Å². The van der Waals surface area contributed by atoms with E-state index in [0.717, 1.165) is 5.69 Å². The molecular formula is C20H23F2N3O3. The number of aromatic hydroxyl groups is 1. The number of nitrogens with one attached hydrogen (secondary N) is 1. The van der Waals surface area contributed by atoms with E-state index in [2.05, 4.69) is 15.0 Å². The van der Waals surface area contributed by atoms with Gasteiger partial charge < -0.3 is 20.1 Å². The van der Waals surface area contributed by atoms with Gasteiger partial charge in [-0.3, -0.25) is 9.69 Å². The van der Waals surface area contributed by atoms with Crippen LogP contribution in [0.25, 0.3) is 0 Å². The van der Waals surface area contributed by atoms with Gasteiger partial charge in [0.2, 0.25) is 5.91 Å². The summed E-state index contributed by atoms with van der Waals surface area (Å²) in [5.74, 6) is -0.124. The van der Waals surface area contributed by atoms with Crippen molar-refractivity contribution in [2.75, 3.05) is 36.4 Å². The highest BCUT2D eigenvalue weighted by molar-refractivity contribution is 5.95. The smallest absolute Gasteiger partial charge is 0.387 e. The molecule has 1 amide bonds. The van der Waals surface area contributed by atoms with E-state index >= 15 is 0 Å². The van der Waals surface area contributed by atoms with E-state index in [0.29, 0.717) is 26.2 Å². The summed E-state index contributed by atoms with van der Waals surface area (Å²) in [5, 5.41) is 12.7. The van der Waals surface area contributed by atoms with Crippen LogP contribution in [0.2, 0.25) is 0 Å². The maximum absolute atomic E-state index is 12.6. The van der Waals surface area contributed by atoms with Gasteiger partial charge >= 0.3 is 6.61 Å². The fourth-order valence-electron chi connectivity index (χ4n) is 3.25. The first-order valence-corrected chi connectivity index (χ1v) is 9.07. The predicted octanol–water partition coefficient (Wildman–Crippen LogP) is 3.14. The fourth-order valence-corrected chi connectivity index (χ4v) is 3.25. The molecule has 3 rings (SSSR count). The Hall–Kier alpha value is -2.87. The molecule has 1 fully saturated rings. The molecule has 0 aromatic heterocycles. The molecular weight excluding hydrogens is 368 g/mol. The molecule has 28 heavy (non-hydrogen) atoms. The van der Waals surface area contributed by atoms with Crippen molar-refractivity contribution in [2.24, 2.45) is 0 Å². The van der Waals surface area contributed by atoms with Gasteiger partial charge in [-0.1, -0.05) is 24.3 Å². The van der Waals surface area contributed by atoms with Crippen LogP contribution >= 0.6 is 0 Å². The van der Waals surface area contributed by atoms with Crippen molar-refractivity contribution in [2.45, 2.75) is 19.6 Å². The molecule has 0 unspecified atom stereocenters. The monoisotopic (exact) mass is 391 g/mol. The number of carbonyl (C=O) groups excluding carboxylic acids is 1. The van der Waals surface area contributed by atoms with E-state index in [1.165, 1.54) is 12.1 Å². The molecule has 1 saturated heterocycles. The molecule has 2 aromatic rings. The van der Waals surface area contributed by atoms with Crippen LogP contribution in [0.3, 0.4) is 0 Å². The number of para-hydroxylation sites is 4. The lowest BCUT2D eigenvalue weighted by molar-refractivity contribution is -0.121. The van der Waals surface area contributed by atoms with Gasteiger partial charge in [-0.25, -0.2) is 0 Å². The van der Waals surface area contributed by atoms with Crippen LogP contribution in [0.15, 0.2) is 48.5 Å². The molecule has 2 aromatic carbocycles. The van der Waals surface area contributed by atoms with E-state index < -0.39 is 12.7 Å². The average molecular weight is 391 g/mol. The number of anilines is 2. The number of phenols is 1. The van der Waals surface area contributed by atoms with Crippen LogP contribution in [0.4, 0.5) is 20.2 Å². The number of ether oxygens (including phenoxy) is 1. The molecule has 6 nitrogen and oxygen atoms in total. The van der Waals surface area contributed by atoms with Gasteiger partial charge in [0.25, 0.3) is 0 Å². The summed E-state index contributed by atoms with van der Waals surface area (Å²) in [6.07, 6.45) is 0. The Morgan fingerprint density at radius 2 is 1.71 bits per heavy atom. The number of hydrogen-bond acceptors (Lipinski definition) is 5. The number of piperazine rings is 1. The zero-order valence-electron chi connectivity index (χ0n) is 15.5. The Morgan fingerprint density at radius 3 is 2.39 bits per heavy atom. The lowest BCUT2D eigenvalue weighted by atomic mass is 10.2. The number of alkyl halides is 2. The largest absolute Gasteiger partial charge is 0.506 e. The number of amides is 1. The molecule has 0 spiro atoms. The van der Waals surface area contributed by atoms with Crippen molar-refractivity contribution in [3.8, 4) is 11.5 Å². The van der Waals surface area contributed by atoms with E-state index in [1.807, 2.05) is 17.0 Å². The first-order chi connectivity index (χ1) is 13.5. The zero-order chi connectivity index (χ0) is 20.1. The number of halogens is 2. The minimum atomic E-state index is -2.96. The zero-order valence-corrected chi connectivity index (χ0v) is 15.5. The second-order valence-corrected chi connectivity index (χ2v) is 6.55. The SMILES string of the molecule is C[C@H](C(=O)Nc1ccccc1OC(F)F)N1CCN(c2ccccc2O)CC1. The van der Waals surface area contributed by atoms with Crippen molar-refractivity contribution in [3.63, 3.8) is 0 Å². The quantitative estimate of drug-likeness (QED) is 0.792. The Kier molecular flexibility index (Phi) is 6.30. The molecule has 2 N–H and O–H groups in total. The number of rotatable bonds is 6. The Bertz CT molecular complexity index is 811. The number of benzene rings is 2. The summed E-state index contributed by atoms with van der Waals surface area (Å²) >= 11 is 0. The van der Waals surface area contributed by atoms with Gasteiger partial charge in [0.05, 0.1) is 17.4 Å². The minimum Gasteiger partial charge on any atom is -0.506 e. The van der Waals surface area contributed by atoms with Crippen molar-refractivity contribution >= 4 is 17.3 Å². The standard InChI is InChI=1S/C20H23F2N3O3/c1-14(19(27)23-15-6-2-5-9-18(15)28-20(21)22)24-10-12-25(13-11-24)16-7-3-4-8-17(16)26/h2-9,14,20,26H,10-13H2,1H3,(H,23,27)/t14-/m1/s1. The van der Waals surface area contributed by atoms with Crippen molar-refractivity contribution in [3.05, 3.63) is 48.5 Å². The summed E-state index contributed by atoms with van der Waals surface area (Å²) in [4.78, 5) is 16.7. The van der Waals surface area contributed by atoms with Gasteiger partial charge in [-0.15, -0.1) is 0 Å². The van der Waals surface area contributed by atoms with Crippen LogP contribution in [0, 0.1) is 0 Å². The third-order valence-corrected chi connectivity index (χ3v) is 4.82. The van der Waals surface area contributed by atoms with Gasteiger partial charge in [-0.2, -0.15) is 8.78 Å². The van der Waals surface area contributed by atoms with Gasteiger partial charge in [0, 0.05) is 26.2 Å². The van der Waals surface area contributed by atoms with E-state index in [-0.39, 0.29) is 23.1 Å². The van der Waals surface area contributed by atoms with Gasteiger partial charge in [-0.05, 0) is 31.2 Å². The number of carbonyl (C=O) groups is 1. The van der Waals surface area contributed by atoms with Crippen LogP contribution in [-0.4, -0.2) is 54.7 Å². The van der Waals surface area contributed by atoms with Gasteiger partial charge in [0.1, 0.15) is 11.5 Å².